The number of amides is 3. The fourth-order valence-corrected chi connectivity index (χ4v) is 3.82. The van der Waals surface area contributed by atoms with Gasteiger partial charge in [-0.1, -0.05) is 35.7 Å². The van der Waals surface area contributed by atoms with Crippen LogP contribution in [0.1, 0.15) is 6.92 Å². The Labute approximate surface area is 162 Å². The summed E-state index contributed by atoms with van der Waals surface area (Å²) in [5.74, 6) is -0.507. The van der Waals surface area contributed by atoms with Crippen LogP contribution in [0.4, 0.5) is 9.18 Å². The minimum atomic E-state index is -0.506. The van der Waals surface area contributed by atoms with Gasteiger partial charge in [0, 0.05) is 13.1 Å². The molecule has 142 valence electrons. The van der Waals surface area contributed by atoms with Crippen LogP contribution >= 0.6 is 23.5 Å². The van der Waals surface area contributed by atoms with Gasteiger partial charge in [-0.2, -0.15) is 0 Å². The minimum absolute atomic E-state index is 0.145. The standard InChI is InChI=1S/C16H16FN5O3S2/c1-9(14(24)18-6-7-22-12(23)8-26-16(22)25)27-15-19-13(20-21-15)10-4-2-3-5-11(10)17/h2-5,9H,6-8H2,1H3,(H,18,24)(H,19,20,21)/t9-/m1/s1. The highest BCUT2D eigenvalue weighted by molar-refractivity contribution is 8.14. The summed E-state index contributed by atoms with van der Waals surface area (Å²) in [5, 5.41) is 8.85. The third-order valence-electron chi connectivity index (χ3n) is 3.72. The molecule has 1 aromatic carbocycles. The second-order valence-electron chi connectivity index (χ2n) is 5.60. The Bertz CT molecular complexity index is 859. The number of nitrogens with zero attached hydrogens (tertiary/aromatic N) is 3. The lowest BCUT2D eigenvalue weighted by molar-refractivity contribution is -0.125. The van der Waals surface area contributed by atoms with E-state index in [1.165, 1.54) is 6.07 Å². The molecule has 2 aromatic rings. The summed E-state index contributed by atoms with van der Waals surface area (Å²) in [6, 6.07) is 6.19. The summed E-state index contributed by atoms with van der Waals surface area (Å²) in [6.45, 7) is 2.00. The SMILES string of the molecule is C[C@@H](Sc1n[nH]c(-c2ccccc2F)n1)C(=O)NCCN1C(=O)CSC1=O. The van der Waals surface area contributed by atoms with Crippen LogP contribution in [0.5, 0.6) is 0 Å². The van der Waals surface area contributed by atoms with Crippen molar-refractivity contribution in [1.82, 2.24) is 25.4 Å². The van der Waals surface area contributed by atoms with Gasteiger partial charge < -0.3 is 5.32 Å². The number of benzene rings is 1. The Kier molecular flexibility index (Phi) is 6.11. The van der Waals surface area contributed by atoms with Gasteiger partial charge in [-0.3, -0.25) is 24.4 Å². The Morgan fingerprint density at radius 3 is 2.93 bits per heavy atom. The fraction of sp³-hybridized carbons (Fsp3) is 0.312. The van der Waals surface area contributed by atoms with Gasteiger partial charge in [-0.25, -0.2) is 9.37 Å². The monoisotopic (exact) mass is 409 g/mol. The highest BCUT2D eigenvalue weighted by Crippen LogP contribution is 2.24. The molecule has 2 N–H and O–H groups in total. The van der Waals surface area contributed by atoms with Crippen molar-refractivity contribution in [3.05, 3.63) is 30.1 Å². The first-order chi connectivity index (χ1) is 13.0. The van der Waals surface area contributed by atoms with Gasteiger partial charge in [-0.15, -0.1) is 5.10 Å². The maximum atomic E-state index is 13.8. The molecule has 1 atom stereocenters. The topological polar surface area (TPSA) is 108 Å². The second kappa shape index (κ2) is 8.53. The van der Waals surface area contributed by atoms with E-state index >= 15 is 0 Å². The number of aromatic amines is 1. The zero-order chi connectivity index (χ0) is 19.4. The van der Waals surface area contributed by atoms with E-state index < -0.39 is 11.1 Å². The number of thioether (sulfide) groups is 2. The molecule has 0 aliphatic carbocycles. The largest absolute Gasteiger partial charge is 0.353 e. The number of H-pyrrole nitrogens is 1. The molecular weight excluding hydrogens is 393 g/mol. The third-order valence-corrected chi connectivity index (χ3v) is 5.54. The van der Waals surface area contributed by atoms with E-state index in [0.717, 1.165) is 28.4 Å². The van der Waals surface area contributed by atoms with Crippen molar-refractivity contribution in [3.8, 4) is 11.4 Å². The first-order valence-electron chi connectivity index (χ1n) is 8.04. The van der Waals surface area contributed by atoms with Gasteiger partial charge in [0.05, 0.1) is 16.6 Å². The Balaban J connectivity index is 1.51. The molecule has 27 heavy (non-hydrogen) atoms. The lowest BCUT2D eigenvalue weighted by Gasteiger charge is -2.14. The van der Waals surface area contributed by atoms with Gasteiger partial charge in [0.15, 0.2) is 5.82 Å². The van der Waals surface area contributed by atoms with Crippen LogP contribution in [0.3, 0.4) is 0 Å². The summed E-state index contributed by atoms with van der Waals surface area (Å²) in [5.41, 5.74) is 0.298. The molecule has 0 spiro atoms. The van der Waals surface area contributed by atoms with Crippen molar-refractivity contribution in [2.45, 2.75) is 17.3 Å². The number of nitrogens with one attached hydrogen (secondary N) is 2. The summed E-state index contributed by atoms with van der Waals surface area (Å²) in [4.78, 5) is 40.5. The number of hydrogen-bond donors (Lipinski definition) is 2. The van der Waals surface area contributed by atoms with Crippen molar-refractivity contribution in [2.24, 2.45) is 0 Å². The number of hydrogen-bond acceptors (Lipinski definition) is 7. The maximum absolute atomic E-state index is 13.8. The quantitative estimate of drug-likeness (QED) is 0.673. The molecule has 1 aromatic heterocycles. The molecule has 1 aliphatic rings. The Hall–Kier alpha value is -2.40. The summed E-state index contributed by atoms with van der Waals surface area (Å²) < 4.78 is 13.8. The number of carbonyl (C=O) groups is 3. The van der Waals surface area contributed by atoms with Crippen LogP contribution in [0, 0.1) is 5.82 Å². The average Bonchev–Trinajstić information content (AvgIpc) is 3.23. The molecule has 1 saturated heterocycles. The minimum Gasteiger partial charge on any atom is -0.353 e. The number of imide groups is 1. The van der Waals surface area contributed by atoms with E-state index in [4.69, 9.17) is 0 Å². The predicted octanol–water partition coefficient (Wildman–Crippen LogP) is 1.90. The zero-order valence-electron chi connectivity index (χ0n) is 14.3. The van der Waals surface area contributed by atoms with E-state index in [0.29, 0.717) is 10.7 Å². The maximum Gasteiger partial charge on any atom is 0.288 e. The first kappa shape index (κ1) is 19.4. The molecule has 0 radical (unpaired) electrons. The summed E-state index contributed by atoms with van der Waals surface area (Å²) in [7, 11) is 0. The van der Waals surface area contributed by atoms with Crippen LogP contribution in [0.25, 0.3) is 11.4 Å². The van der Waals surface area contributed by atoms with Gasteiger partial charge in [-0.05, 0) is 19.1 Å². The highest BCUT2D eigenvalue weighted by Gasteiger charge is 2.29. The highest BCUT2D eigenvalue weighted by atomic mass is 32.2. The van der Waals surface area contributed by atoms with E-state index in [1.807, 2.05) is 0 Å². The number of aromatic nitrogens is 3. The van der Waals surface area contributed by atoms with Crippen LogP contribution in [-0.2, 0) is 9.59 Å². The van der Waals surface area contributed by atoms with Crippen LogP contribution in [-0.4, -0.2) is 61.2 Å². The Morgan fingerprint density at radius 2 is 2.22 bits per heavy atom. The zero-order valence-corrected chi connectivity index (χ0v) is 15.9. The van der Waals surface area contributed by atoms with E-state index in [-0.39, 0.29) is 41.7 Å². The van der Waals surface area contributed by atoms with Crippen molar-refractivity contribution in [2.75, 3.05) is 18.8 Å². The predicted molar refractivity (Wildman–Crippen MR) is 99.7 cm³/mol. The van der Waals surface area contributed by atoms with Crippen molar-refractivity contribution in [1.29, 1.82) is 0 Å². The molecule has 11 heteroatoms. The first-order valence-corrected chi connectivity index (χ1v) is 9.91. The van der Waals surface area contributed by atoms with E-state index in [9.17, 15) is 18.8 Å². The lowest BCUT2D eigenvalue weighted by Crippen LogP contribution is -2.39. The molecule has 3 rings (SSSR count). The fourth-order valence-electron chi connectivity index (χ4n) is 2.32. The number of halogens is 1. The molecule has 0 bridgehead atoms. The smallest absolute Gasteiger partial charge is 0.288 e. The van der Waals surface area contributed by atoms with E-state index in [2.05, 4.69) is 20.5 Å². The molecule has 3 amide bonds. The van der Waals surface area contributed by atoms with Gasteiger partial charge in [0.25, 0.3) is 5.24 Å². The van der Waals surface area contributed by atoms with Crippen LogP contribution in [0.2, 0.25) is 0 Å². The molecule has 1 aliphatic heterocycles. The Morgan fingerprint density at radius 1 is 1.44 bits per heavy atom. The molecule has 0 unspecified atom stereocenters. The molecular formula is C16H16FN5O3S2. The third kappa shape index (κ3) is 4.66. The van der Waals surface area contributed by atoms with Crippen molar-refractivity contribution < 1.29 is 18.8 Å². The van der Waals surface area contributed by atoms with Crippen LogP contribution in [0.15, 0.2) is 29.4 Å². The van der Waals surface area contributed by atoms with Gasteiger partial charge >= 0.3 is 0 Å². The summed E-state index contributed by atoms with van der Waals surface area (Å²) in [6.07, 6.45) is 0. The number of rotatable bonds is 7. The molecule has 1 fully saturated rings. The molecule has 2 heterocycles. The van der Waals surface area contributed by atoms with Crippen molar-refractivity contribution in [3.63, 3.8) is 0 Å². The van der Waals surface area contributed by atoms with Crippen molar-refractivity contribution >= 4 is 40.6 Å². The average molecular weight is 409 g/mol. The van der Waals surface area contributed by atoms with Crippen LogP contribution < -0.4 is 5.32 Å². The summed E-state index contributed by atoms with van der Waals surface area (Å²) >= 11 is 2.07. The van der Waals surface area contributed by atoms with Gasteiger partial charge in [0.1, 0.15) is 5.82 Å². The molecule has 8 nitrogen and oxygen atoms in total. The number of carbonyl (C=O) groups excluding carboxylic acids is 3. The second-order valence-corrected chi connectivity index (χ2v) is 7.83. The lowest BCUT2D eigenvalue weighted by atomic mass is 10.2. The normalized spacial score (nSPS) is 15.3. The molecule has 0 saturated carbocycles. The van der Waals surface area contributed by atoms with E-state index in [1.54, 1.807) is 25.1 Å². The van der Waals surface area contributed by atoms with Gasteiger partial charge in [0.2, 0.25) is 17.0 Å².